The molecule has 0 saturated carbocycles. The Balaban J connectivity index is 1.52. The smallest absolute Gasteiger partial charge is 0.476 e. The van der Waals surface area contributed by atoms with Crippen LogP contribution in [0.2, 0.25) is 0 Å². The van der Waals surface area contributed by atoms with Crippen LogP contribution in [-0.4, -0.2) is 50.9 Å². The van der Waals surface area contributed by atoms with Gasteiger partial charge in [-0.15, -0.1) is 0 Å². The van der Waals surface area contributed by atoms with E-state index in [2.05, 4.69) is 4.99 Å². The number of nitro benzene ring substituents is 1. The summed E-state index contributed by atoms with van der Waals surface area (Å²) in [6, 6.07) is 13.8. The highest BCUT2D eigenvalue weighted by atomic mass is 35.7. The van der Waals surface area contributed by atoms with Crippen molar-refractivity contribution in [3.05, 3.63) is 81.7 Å². The van der Waals surface area contributed by atoms with Gasteiger partial charge in [-0.3, -0.25) is 29.3 Å². The molecule has 2 aliphatic rings. The number of thioether (sulfide) groups is 1. The summed E-state index contributed by atoms with van der Waals surface area (Å²) in [7, 11) is 0. The van der Waals surface area contributed by atoms with Crippen LogP contribution >= 0.6 is 30.0 Å². The van der Waals surface area contributed by atoms with Crippen LogP contribution < -0.4 is 4.74 Å². The normalized spacial score (nSPS) is 20.1. The van der Waals surface area contributed by atoms with Gasteiger partial charge in [-0.05, 0) is 50.6 Å². The van der Waals surface area contributed by atoms with Crippen molar-refractivity contribution in [3.63, 3.8) is 0 Å². The van der Waals surface area contributed by atoms with Crippen molar-refractivity contribution in [1.29, 1.82) is 0 Å². The van der Waals surface area contributed by atoms with Gasteiger partial charge in [0, 0.05) is 23.4 Å². The Morgan fingerprint density at radius 1 is 1.18 bits per heavy atom. The number of hydrogen-bond acceptors (Lipinski definition) is 11. The molecule has 1 fully saturated rings. The minimum Gasteiger partial charge on any atom is -0.487 e. The second-order valence-corrected chi connectivity index (χ2v) is 12.6. The second kappa shape index (κ2) is 12.4. The maximum absolute atomic E-state index is 13.3. The zero-order valence-electron chi connectivity index (χ0n) is 21.6. The number of halogens is 1. The van der Waals surface area contributed by atoms with Crippen molar-refractivity contribution in [2.24, 2.45) is 4.99 Å². The summed E-state index contributed by atoms with van der Waals surface area (Å²) in [6.07, 6.45) is -0.547. The van der Waals surface area contributed by atoms with Crippen LogP contribution in [0.25, 0.3) is 0 Å². The number of benzene rings is 2. The average Bonchev–Trinajstić information content (AvgIpc) is 3.28. The van der Waals surface area contributed by atoms with E-state index in [-0.39, 0.29) is 30.4 Å². The molecule has 1 amide bonds. The highest BCUT2D eigenvalue weighted by Crippen LogP contribution is 2.57. The Labute approximate surface area is 238 Å². The van der Waals surface area contributed by atoms with Crippen LogP contribution in [0.4, 0.5) is 5.69 Å². The molecular formula is C25H25ClN3O9PS. The fourth-order valence-corrected chi connectivity index (χ4v) is 6.75. The number of non-ortho nitro benzene ring substituents is 1. The molecular weight excluding hydrogens is 585 g/mol. The van der Waals surface area contributed by atoms with Gasteiger partial charge in [0.2, 0.25) is 0 Å². The number of carbonyl (C=O) groups excluding carboxylic acids is 2. The number of amides is 1. The molecule has 3 atom stereocenters. The van der Waals surface area contributed by atoms with Gasteiger partial charge in [0.25, 0.3) is 11.6 Å². The standard InChI is InChI=1S/C25H25ClN3O9PS/c1-15(2)37-39(26,34)38-16(3)22(25(31)36-13-17-9-11-18(12-10-17)29(32)33)28-23(30)21-24(28)40-20(27-21)14-35-19-7-5-4-6-8-19/h4-12,15,21,24H,13-14H2,1-3H3. The molecule has 2 heterocycles. The number of esters is 1. The molecule has 2 aromatic rings. The van der Waals surface area contributed by atoms with E-state index in [1.807, 2.05) is 18.2 Å². The molecule has 2 aliphatic heterocycles. The lowest BCUT2D eigenvalue weighted by atomic mass is 10.1. The number of fused-ring (bicyclic) bond motifs is 1. The minimum atomic E-state index is -4.17. The first-order valence-electron chi connectivity index (χ1n) is 12.0. The molecule has 0 bridgehead atoms. The molecule has 212 valence electrons. The molecule has 0 aromatic heterocycles. The molecule has 0 aliphatic carbocycles. The Kier molecular flexibility index (Phi) is 9.19. The molecule has 0 spiro atoms. The van der Waals surface area contributed by atoms with E-state index in [4.69, 9.17) is 29.8 Å². The lowest BCUT2D eigenvalue weighted by Crippen LogP contribution is -2.61. The van der Waals surface area contributed by atoms with Crippen molar-refractivity contribution in [1.82, 2.24) is 4.90 Å². The maximum Gasteiger partial charge on any atom is 0.476 e. The van der Waals surface area contributed by atoms with Crippen LogP contribution in [0.1, 0.15) is 26.3 Å². The third kappa shape index (κ3) is 7.03. The molecule has 15 heteroatoms. The zero-order valence-corrected chi connectivity index (χ0v) is 24.1. The van der Waals surface area contributed by atoms with Gasteiger partial charge in [0.05, 0.1) is 11.0 Å². The number of carbonyl (C=O) groups is 2. The highest BCUT2D eigenvalue weighted by molar-refractivity contribution is 8.15. The summed E-state index contributed by atoms with van der Waals surface area (Å²) in [5, 5.41) is 10.9. The number of para-hydroxylation sites is 1. The molecule has 2 aromatic carbocycles. The summed E-state index contributed by atoms with van der Waals surface area (Å²) < 4.78 is 34.3. The van der Waals surface area contributed by atoms with Crippen LogP contribution in [0, 0.1) is 10.1 Å². The van der Waals surface area contributed by atoms with E-state index in [1.165, 1.54) is 43.0 Å². The number of hydrogen-bond donors (Lipinski definition) is 0. The first kappa shape index (κ1) is 29.6. The Morgan fingerprint density at radius 2 is 1.85 bits per heavy atom. The lowest BCUT2D eigenvalue weighted by molar-refractivity contribution is -0.384. The molecule has 1 saturated heterocycles. The van der Waals surface area contributed by atoms with Crippen molar-refractivity contribution in [3.8, 4) is 5.75 Å². The first-order valence-corrected chi connectivity index (χ1v) is 15.3. The van der Waals surface area contributed by atoms with Crippen LogP contribution in [0.15, 0.2) is 71.0 Å². The SMILES string of the molecule is CC(OP(=O)(Cl)OC(C)C)=C(C(=O)OCc1ccc([N+](=O)[O-])cc1)N1C(=O)C2N=C(COc3ccccc3)SC21. The summed E-state index contributed by atoms with van der Waals surface area (Å²) in [5.74, 6) is -1.06. The summed E-state index contributed by atoms with van der Waals surface area (Å²) >= 11 is 7.18. The fourth-order valence-electron chi connectivity index (χ4n) is 3.80. The van der Waals surface area contributed by atoms with Crippen molar-refractivity contribution in [2.45, 2.75) is 44.9 Å². The first-order chi connectivity index (χ1) is 18.9. The van der Waals surface area contributed by atoms with E-state index in [9.17, 15) is 24.3 Å². The number of nitro groups is 1. The van der Waals surface area contributed by atoms with Gasteiger partial charge in [0.15, 0.2) is 11.7 Å². The molecule has 4 rings (SSSR count). The topological polar surface area (TPSA) is 147 Å². The largest absolute Gasteiger partial charge is 0.487 e. The highest BCUT2D eigenvalue weighted by Gasteiger charge is 2.56. The number of ether oxygens (including phenoxy) is 2. The predicted octanol–water partition coefficient (Wildman–Crippen LogP) is 5.42. The van der Waals surface area contributed by atoms with Crippen molar-refractivity contribution in [2.75, 3.05) is 6.61 Å². The van der Waals surface area contributed by atoms with E-state index in [0.29, 0.717) is 16.4 Å². The van der Waals surface area contributed by atoms with Crippen LogP contribution in [-0.2, 0) is 34.5 Å². The average molecular weight is 610 g/mol. The van der Waals surface area contributed by atoms with Gasteiger partial charge in [-0.1, -0.05) is 30.0 Å². The molecule has 12 nitrogen and oxygen atoms in total. The molecule has 40 heavy (non-hydrogen) atoms. The Morgan fingerprint density at radius 3 is 2.48 bits per heavy atom. The van der Waals surface area contributed by atoms with Gasteiger partial charge in [0.1, 0.15) is 35.1 Å². The Bertz CT molecular complexity index is 1400. The maximum atomic E-state index is 13.3. The van der Waals surface area contributed by atoms with Crippen molar-refractivity contribution < 1.29 is 37.6 Å². The van der Waals surface area contributed by atoms with Gasteiger partial charge < -0.3 is 14.0 Å². The number of β-lactam (4-membered cyclic amide) rings is 1. The third-order valence-corrected chi connectivity index (χ3v) is 8.34. The summed E-state index contributed by atoms with van der Waals surface area (Å²) in [6.45, 7) is 0.222. The second-order valence-electron chi connectivity index (χ2n) is 8.87. The minimum absolute atomic E-state index is 0.120. The quantitative estimate of drug-likeness (QED) is 0.0581. The van der Waals surface area contributed by atoms with E-state index in [0.717, 1.165) is 4.90 Å². The summed E-state index contributed by atoms with van der Waals surface area (Å²) in [4.78, 5) is 42.3. The van der Waals surface area contributed by atoms with Gasteiger partial charge in [-0.2, -0.15) is 0 Å². The molecule has 0 radical (unpaired) electrons. The summed E-state index contributed by atoms with van der Waals surface area (Å²) in [5.41, 5.74) is 0.0366. The molecule has 0 N–H and O–H groups in total. The number of likely N-dealkylation sites (tertiary alicyclic amines) is 1. The van der Waals surface area contributed by atoms with Gasteiger partial charge in [-0.25, -0.2) is 9.36 Å². The fraction of sp³-hybridized carbons (Fsp3) is 0.320. The van der Waals surface area contributed by atoms with E-state index < -0.39 is 41.3 Å². The number of nitrogens with zero attached hydrogens (tertiary/aromatic N) is 3. The Hall–Kier alpha value is -3.38. The van der Waals surface area contributed by atoms with E-state index >= 15 is 0 Å². The van der Waals surface area contributed by atoms with Crippen LogP contribution in [0.5, 0.6) is 5.75 Å². The van der Waals surface area contributed by atoms with Gasteiger partial charge >= 0.3 is 12.9 Å². The number of rotatable bonds is 12. The zero-order chi connectivity index (χ0) is 29.0. The molecule has 3 unspecified atom stereocenters. The monoisotopic (exact) mass is 609 g/mol. The van der Waals surface area contributed by atoms with E-state index in [1.54, 1.807) is 26.0 Å². The lowest BCUT2D eigenvalue weighted by Gasteiger charge is -2.41. The third-order valence-electron chi connectivity index (χ3n) is 5.53. The number of allylic oxidation sites excluding steroid dienone is 1. The number of aliphatic imine (C=N–C) groups is 1. The predicted molar refractivity (Wildman–Crippen MR) is 148 cm³/mol. The van der Waals surface area contributed by atoms with Crippen LogP contribution in [0.3, 0.4) is 0 Å². The van der Waals surface area contributed by atoms with Crippen molar-refractivity contribution >= 4 is 52.6 Å².